The van der Waals surface area contributed by atoms with Gasteiger partial charge in [-0.15, -0.1) is 0 Å². The van der Waals surface area contributed by atoms with Gasteiger partial charge in [-0.05, 0) is 41.2 Å². The topological polar surface area (TPSA) is 53.4 Å². The molecule has 6 nitrogen and oxygen atoms in total. The van der Waals surface area contributed by atoms with Crippen LogP contribution in [0.5, 0.6) is 0 Å². The average Bonchev–Trinajstić information content (AvgIpc) is 2.53. The van der Waals surface area contributed by atoms with Crippen molar-refractivity contribution < 1.29 is 0 Å². The van der Waals surface area contributed by atoms with Crippen LogP contribution >= 0.6 is 15.9 Å². The lowest BCUT2D eigenvalue weighted by Gasteiger charge is -2.34. The molecule has 1 saturated heterocycles. The summed E-state index contributed by atoms with van der Waals surface area (Å²) in [5.41, 5.74) is 1.87. The van der Waals surface area contributed by atoms with Crippen molar-refractivity contribution in [2.24, 2.45) is 7.05 Å². The van der Waals surface area contributed by atoms with Crippen LogP contribution in [0.3, 0.4) is 0 Å². The Morgan fingerprint density at radius 2 is 1.91 bits per heavy atom. The molecule has 1 aromatic carbocycles. The maximum absolute atomic E-state index is 12.1. The monoisotopic (exact) mass is 377 g/mol. The number of aryl methyl sites for hydroxylation is 1. The summed E-state index contributed by atoms with van der Waals surface area (Å²) in [4.78, 5) is 21.1. The van der Waals surface area contributed by atoms with E-state index in [-0.39, 0.29) is 5.56 Å². The molecule has 0 spiro atoms. The minimum Gasteiger partial charge on any atom is -0.369 e. The molecule has 0 saturated carbocycles. The van der Waals surface area contributed by atoms with E-state index in [9.17, 15) is 4.79 Å². The highest BCUT2D eigenvalue weighted by atomic mass is 79.9. The van der Waals surface area contributed by atoms with Crippen LogP contribution in [0.1, 0.15) is 0 Å². The predicted octanol–water partition coefficient (Wildman–Crippen LogP) is 2.04. The quantitative estimate of drug-likeness (QED) is 0.886. The summed E-state index contributed by atoms with van der Waals surface area (Å²) >= 11 is 3.32. The van der Waals surface area contributed by atoms with E-state index in [0.29, 0.717) is 10.4 Å². The Bertz CT molecular complexity index is 752. The molecule has 1 N–H and O–H groups in total. The van der Waals surface area contributed by atoms with Crippen molar-refractivity contribution in [3.63, 3.8) is 0 Å². The Balaban J connectivity index is 1.82. The first-order chi connectivity index (χ1) is 11.0. The zero-order chi connectivity index (χ0) is 16.4. The van der Waals surface area contributed by atoms with Gasteiger partial charge in [0.2, 0.25) is 0 Å². The standard InChI is InChI=1S/C16H20BrN5O/c1-20-6-8-22(9-7-20)13-5-3-4-12(10-13)18-15-16(23)21(2)11-14(17)19-15/h3-5,10-11H,6-9H2,1-2H3,(H,18,19). The van der Waals surface area contributed by atoms with Gasteiger partial charge in [-0.25, -0.2) is 4.98 Å². The third kappa shape index (κ3) is 3.73. The number of hydrogen-bond acceptors (Lipinski definition) is 5. The Labute approximate surface area is 143 Å². The van der Waals surface area contributed by atoms with Gasteiger partial charge in [-0.2, -0.15) is 0 Å². The second-order valence-electron chi connectivity index (χ2n) is 5.79. The molecule has 0 radical (unpaired) electrons. The molecule has 1 aliphatic heterocycles. The molecule has 3 rings (SSSR count). The largest absolute Gasteiger partial charge is 0.369 e. The van der Waals surface area contributed by atoms with Gasteiger partial charge in [0.25, 0.3) is 5.56 Å². The van der Waals surface area contributed by atoms with Crippen molar-refractivity contribution in [3.05, 3.63) is 45.4 Å². The van der Waals surface area contributed by atoms with E-state index in [1.165, 1.54) is 4.57 Å². The third-order valence-corrected chi connectivity index (χ3v) is 4.40. The highest BCUT2D eigenvalue weighted by molar-refractivity contribution is 9.10. The Morgan fingerprint density at radius 3 is 2.65 bits per heavy atom. The molecule has 23 heavy (non-hydrogen) atoms. The third-order valence-electron chi connectivity index (χ3n) is 4.02. The summed E-state index contributed by atoms with van der Waals surface area (Å²) in [6.07, 6.45) is 1.65. The first-order valence-electron chi connectivity index (χ1n) is 7.57. The van der Waals surface area contributed by atoms with Crippen LogP contribution in [0.4, 0.5) is 17.2 Å². The van der Waals surface area contributed by atoms with Gasteiger partial charge in [-0.1, -0.05) is 6.07 Å². The summed E-state index contributed by atoms with van der Waals surface area (Å²) in [6, 6.07) is 8.11. The SMILES string of the molecule is CN1CCN(c2cccc(Nc3nc(Br)cn(C)c3=O)c2)CC1. The Kier molecular flexibility index (Phi) is 4.68. The highest BCUT2D eigenvalue weighted by Gasteiger charge is 2.14. The molecular weight excluding hydrogens is 358 g/mol. The fraction of sp³-hybridized carbons (Fsp3) is 0.375. The van der Waals surface area contributed by atoms with Crippen molar-refractivity contribution in [1.82, 2.24) is 14.5 Å². The Morgan fingerprint density at radius 1 is 1.17 bits per heavy atom. The highest BCUT2D eigenvalue weighted by Crippen LogP contribution is 2.22. The van der Waals surface area contributed by atoms with Gasteiger partial charge in [0.1, 0.15) is 4.60 Å². The number of aromatic nitrogens is 2. The number of rotatable bonds is 3. The number of hydrogen-bond donors (Lipinski definition) is 1. The normalized spacial score (nSPS) is 15.7. The summed E-state index contributed by atoms with van der Waals surface area (Å²) < 4.78 is 2.13. The molecule has 0 unspecified atom stereocenters. The molecule has 122 valence electrons. The molecule has 0 amide bonds. The second kappa shape index (κ2) is 6.72. The summed E-state index contributed by atoms with van der Waals surface area (Å²) in [5.74, 6) is 0.317. The van der Waals surface area contributed by atoms with E-state index in [4.69, 9.17) is 0 Å². The van der Waals surface area contributed by atoms with Gasteiger partial charge in [0.15, 0.2) is 5.82 Å². The van der Waals surface area contributed by atoms with E-state index in [0.717, 1.165) is 37.6 Å². The lowest BCUT2D eigenvalue weighted by Crippen LogP contribution is -2.44. The molecular formula is C16H20BrN5O. The molecule has 0 bridgehead atoms. The number of nitrogens with one attached hydrogen (secondary N) is 1. The lowest BCUT2D eigenvalue weighted by atomic mass is 10.2. The van der Waals surface area contributed by atoms with Gasteiger partial charge in [0.05, 0.1) is 0 Å². The molecule has 2 aromatic rings. The summed E-state index contributed by atoms with van der Waals surface area (Å²) in [6.45, 7) is 4.14. The minimum atomic E-state index is -0.154. The van der Waals surface area contributed by atoms with Crippen molar-refractivity contribution >= 4 is 33.1 Å². The zero-order valence-electron chi connectivity index (χ0n) is 13.3. The minimum absolute atomic E-state index is 0.154. The van der Waals surface area contributed by atoms with Crippen LogP contribution in [0, 0.1) is 0 Å². The molecule has 2 heterocycles. The van der Waals surface area contributed by atoms with Gasteiger partial charge in [-0.3, -0.25) is 4.79 Å². The molecule has 7 heteroatoms. The molecule has 0 aliphatic carbocycles. The predicted molar refractivity (Wildman–Crippen MR) is 96.6 cm³/mol. The van der Waals surface area contributed by atoms with Crippen molar-refractivity contribution in [3.8, 4) is 0 Å². The van der Waals surface area contributed by atoms with Crippen molar-refractivity contribution in [2.45, 2.75) is 0 Å². The van der Waals surface area contributed by atoms with Crippen LogP contribution in [-0.2, 0) is 7.05 Å². The second-order valence-corrected chi connectivity index (χ2v) is 6.61. The van der Waals surface area contributed by atoms with Crippen LogP contribution in [0.25, 0.3) is 0 Å². The van der Waals surface area contributed by atoms with E-state index in [1.807, 2.05) is 12.1 Å². The molecule has 1 fully saturated rings. The molecule has 1 aromatic heterocycles. The van der Waals surface area contributed by atoms with Gasteiger partial charge >= 0.3 is 0 Å². The fourth-order valence-electron chi connectivity index (χ4n) is 2.63. The van der Waals surface area contributed by atoms with Crippen LogP contribution < -0.4 is 15.8 Å². The van der Waals surface area contributed by atoms with Gasteiger partial charge < -0.3 is 19.7 Å². The van der Waals surface area contributed by atoms with E-state index in [1.54, 1.807) is 13.2 Å². The van der Waals surface area contributed by atoms with Crippen LogP contribution in [-0.4, -0.2) is 47.7 Å². The number of halogens is 1. The lowest BCUT2D eigenvalue weighted by molar-refractivity contribution is 0.313. The Hall–Kier alpha value is -1.86. The smallest absolute Gasteiger partial charge is 0.293 e. The number of likely N-dealkylation sites (N-methyl/N-ethyl adjacent to an activating group) is 1. The van der Waals surface area contributed by atoms with Crippen molar-refractivity contribution in [1.29, 1.82) is 0 Å². The van der Waals surface area contributed by atoms with Crippen LogP contribution in [0.15, 0.2) is 39.9 Å². The first kappa shape index (κ1) is 16.0. The molecule has 1 aliphatic rings. The molecule has 0 atom stereocenters. The maximum Gasteiger partial charge on any atom is 0.293 e. The van der Waals surface area contributed by atoms with E-state index >= 15 is 0 Å². The number of piperazine rings is 1. The number of nitrogens with zero attached hydrogens (tertiary/aromatic N) is 4. The van der Waals surface area contributed by atoms with E-state index in [2.05, 4.69) is 55.2 Å². The zero-order valence-corrected chi connectivity index (χ0v) is 14.9. The summed E-state index contributed by atoms with van der Waals surface area (Å²) in [5, 5.41) is 3.13. The fourth-order valence-corrected chi connectivity index (χ4v) is 3.12. The first-order valence-corrected chi connectivity index (χ1v) is 8.36. The van der Waals surface area contributed by atoms with Gasteiger partial charge in [0, 0.05) is 50.8 Å². The summed E-state index contributed by atoms with van der Waals surface area (Å²) in [7, 11) is 3.85. The van der Waals surface area contributed by atoms with Crippen LogP contribution in [0.2, 0.25) is 0 Å². The number of benzene rings is 1. The van der Waals surface area contributed by atoms with Crippen molar-refractivity contribution in [2.75, 3.05) is 43.4 Å². The number of anilines is 3. The average molecular weight is 378 g/mol. The maximum atomic E-state index is 12.1. The van der Waals surface area contributed by atoms with E-state index < -0.39 is 0 Å².